The minimum Gasteiger partial charge on any atom is -0.340 e. The molecule has 3 nitrogen and oxygen atoms in total. The molecule has 19 heavy (non-hydrogen) atoms. The number of carbonyl (C=O) groups is 1. The molecule has 2 N–H and O–H groups in total. The lowest BCUT2D eigenvalue weighted by Gasteiger charge is -2.36. The molecule has 4 heteroatoms. The highest BCUT2D eigenvalue weighted by molar-refractivity contribution is 9.10. The molecule has 1 fully saturated rings. The molecule has 104 valence electrons. The van der Waals surface area contributed by atoms with E-state index in [1.807, 2.05) is 17.0 Å². The van der Waals surface area contributed by atoms with Gasteiger partial charge in [-0.05, 0) is 43.9 Å². The third kappa shape index (κ3) is 4.05. The molecular weight excluding hydrogens is 304 g/mol. The van der Waals surface area contributed by atoms with E-state index in [0.717, 1.165) is 30.3 Å². The van der Waals surface area contributed by atoms with Gasteiger partial charge in [-0.3, -0.25) is 4.79 Å². The lowest BCUT2D eigenvalue weighted by Crippen LogP contribution is -2.48. The Balaban J connectivity index is 1.87. The van der Waals surface area contributed by atoms with Crippen molar-refractivity contribution in [2.45, 2.75) is 44.7 Å². The molecular formula is C15H21BrN2O. The summed E-state index contributed by atoms with van der Waals surface area (Å²) in [4.78, 5) is 14.2. The summed E-state index contributed by atoms with van der Waals surface area (Å²) in [5, 5.41) is 0. The van der Waals surface area contributed by atoms with Gasteiger partial charge in [-0.2, -0.15) is 0 Å². The van der Waals surface area contributed by atoms with Crippen molar-refractivity contribution >= 4 is 21.8 Å². The number of halogens is 1. The maximum absolute atomic E-state index is 12.2. The molecule has 1 aliphatic rings. The van der Waals surface area contributed by atoms with Crippen LogP contribution in [-0.4, -0.2) is 29.4 Å². The van der Waals surface area contributed by atoms with Gasteiger partial charge in [0.25, 0.3) is 0 Å². The first kappa shape index (κ1) is 14.5. The van der Waals surface area contributed by atoms with Crippen molar-refractivity contribution in [2.24, 2.45) is 5.73 Å². The van der Waals surface area contributed by atoms with Gasteiger partial charge in [-0.1, -0.05) is 28.1 Å². The minimum atomic E-state index is 0.249. The highest BCUT2D eigenvalue weighted by Crippen LogP contribution is 2.18. The minimum absolute atomic E-state index is 0.249. The zero-order valence-electron chi connectivity index (χ0n) is 11.3. The SMILES string of the molecule is C[C@@H]1C[C@@H](N)CCN1C(=O)CCc1cccc(Br)c1. The average Bonchev–Trinajstić information content (AvgIpc) is 2.36. The maximum Gasteiger partial charge on any atom is 0.223 e. The van der Waals surface area contributed by atoms with Crippen LogP contribution in [0.25, 0.3) is 0 Å². The van der Waals surface area contributed by atoms with Crippen molar-refractivity contribution in [3.05, 3.63) is 34.3 Å². The molecule has 1 heterocycles. The standard InChI is InChI=1S/C15H21BrN2O/c1-11-9-14(17)7-8-18(11)15(19)6-5-12-3-2-4-13(16)10-12/h2-4,10-11,14H,5-9,17H2,1H3/t11-,14+/m1/s1. The van der Waals surface area contributed by atoms with Crippen molar-refractivity contribution in [3.8, 4) is 0 Å². The number of carbonyl (C=O) groups excluding carboxylic acids is 1. The number of benzene rings is 1. The Hall–Kier alpha value is -0.870. The van der Waals surface area contributed by atoms with Crippen molar-refractivity contribution in [3.63, 3.8) is 0 Å². The number of piperidine rings is 1. The predicted molar refractivity (Wildman–Crippen MR) is 80.8 cm³/mol. The Bertz CT molecular complexity index is 450. The van der Waals surface area contributed by atoms with E-state index in [2.05, 4.69) is 35.0 Å². The summed E-state index contributed by atoms with van der Waals surface area (Å²) >= 11 is 3.45. The molecule has 0 aromatic heterocycles. The van der Waals surface area contributed by atoms with E-state index in [-0.39, 0.29) is 18.0 Å². The van der Waals surface area contributed by atoms with E-state index in [0.29, 0.717) is 6.42 Å². The van der Waals surface area contributed by atoms with E-state index < -0.39 is 0 Å². The van der Waals surface area contributed by atoms with Crippen molar-refractivity contribution in [2.75, 3.05) is 6.54 Å². The van der Waals surface area contributed by atoms with Gasteiger partial charge in [0.2, 0.25) is 5.91 Å². The number of nitrogens with zero attached hydrogens (tertiary/aromatic N) is 1. The molecule has 1 amide bonds. The van der Waals surface area contributed by atoms with Crippen LogP contribution < -0.4 is 5.73 Å². The number of hydrogen-bond acceptors (Lipinski definition) is 2. The zero-order valence-corrected chi connectivity index (χ0v) is 12.9. The number of aryl methyl sites for hydroxylation is 1. The quantitative estimate of drug-likeness (QED) is 0.929. The van der Waals surface area contributed by atoms with Gasteiger partial charge in [-0.25, -0.2) is 0 Å². The van der Waals surface area contributed by atoms with Gasteiger partial charge in [0.15, 0.2) is 0 Å². The third-order valence-electron chi connectivity index (χ3n) is 3.75. The first-order chi connectivity index (χ1) is 9.06. The second-order valence-corrected chi connectivity index (χ2v) is 6.27. The molecule has 0 radical (unpaired) electrons. The van der Waals surface area contributed by atoms with E-state index in [1.165, 1.54) is 5.56 Å². The average molecular weight is 325 g/mol. The summed E-state index contributed by atoms with van der Waals surface area (Å²) in [6, 6.07) is 8.67. The summed E-state index contributed by atoms with van der Waals surface area (Å²) < 4.78 is 1.06. The molecule has 1 saturated heterocycles. The fourth-order valence-electron chi connectivity index (χ4n) is 2.67. The topological polar surface area (TPSA) is 46.3 Å². The second kappa shape index (κ2) is 6.53. The fraction of sp³-hybridized carbons (Fsp3) is 0.533. The zero-order chi connectivity index (χ0) is 13.8. The summed E-state index contributed by atoms with van der Waals surface area (Å²) in [5.74, 6) is 0.249. The van der Waals surface area contributed by atoms with E-state index >= 15 is 0 Å². The van der Waals surface area contributed by atoms with Gasteiger partial charge in [0.05, 0.1) is 0 Å². The Labute approximate surface area is 123 Å². The summed E-state index contributed by atoms with van der Waals surface area (Å²) in [5.41, 5.74) is 7.12. The molecule has 0 bridgehead atoms. The Kier molecular flexibility index (Phi) is 4.99. The van der Waals surface area contributed by atoms with Crippen LogP contribution in [0.3, 0.4) is 0 Å². The van der Waals surface area contributed by atoms with E-state index in [9.17, 15) is 4.79 Å². The summed E-state index contributed by atoms with van der Waals surface area (Å²) in [7, 11) is 0. The largest absolute Gasteiger partial charge is 0.340 e. The van der Waals surface area contributed by atoms with Gasteiger partial charge in [0, 0.05) is 29.5 Å². The van der Waals surface area contributed by atoms with Crippen LogP contribution in [0, 0.1) is 0 Å². The van der Waals surface area contributed by atoms with Crippen LogP contribution in [0.4, 0.5) is 0 Å². The molecule has 0 spiro atoms. The number of nitrogens with two attached hydrogens (primary N) is 1. The molecule has 2 atom stereocenters. The maximum atomic E-state index is 12.2. The predicted octanol–water partition coefficient (Wildman–Crippen LogP) is 2.72. The molecule has 1 aromatic carbocycles. The first-order valence-corrected chi connectivity index (χ1v) is 7.65. The van der Waals surface area contributed by atoms with Gasteiger partial charge in [-0.15, -0.1) is 0 Å². The molecule has 0 aliphatic carbocycles. The lowest BCUT2D eigenvalue weighted by atomic mass is 9.98. The fourth-order valence-corrected chi connectivity index (χ4v) is 3.11. The van der Waals surface area contributed by atoms with Crippen molar-refractivity contribution in [1.82, 2.24) is 4.90 Å². The summed E-state index contributed by atoms with van der Waals surface area (Å²) in [6.45, 7) is 2.90. The van der Waals surface area contributed by atoms with Crippen LogP contribution in [0.2, 0.25) is 0 Å². The van der Waals surface area contributed by atoms with Crippen LogP contribution >= 0.6 is 15.9 Å². The molecule has 0 saturated carbocycles. The highest BCUT2D eigenvalue weighted by Gasteiger charge is 2.26. The van der Waals surface area contributed by atoms with Crippen LogP contribution in [0.15, 0.2) is 28.7 Å². The van der Waals surface area contributed by atoms with Gasteiger partial charge < -0.3 is 10.6 Å². The highest BCUT2D eigenvalue weighted by atomic mass is 79.9. The van der Waals surface area contributed by atoms with E-state index in [1.54, 1.807) is 0 Å². The van der Waals surface area contributed by atoms with Crippen LogP contribution in [0.5, 0.6) is 0 Å². The van der Waals surface area contributed by atoms with Crippen LogP contribution in [0.1, 0.15) is 31.7 Å². The Morgan fingerprint density at radius 3 is 3.00 bits per heavy atom. The Morgan fingerprint density at radius 2 is 2.32 bits per heavy atom. The number of likely N-dealkylation sites (tertiary alicyclic amines) is 1. The van der Waals surface area contributed by atoms with Crippen molar-refractivity contribution in [1.29, 1.82) is 0 Å². The van der Waals surface area contributed by atoms with Gasteiger partial charge >= 0.3 is 0 Å². The number of amides is 1. The molecule has 1 aromatic rings. The number of hydrogen-bond donors (Lipinski definition) is 1. The second-order valence-electron chi connectivity index (χ2n) is 5.35. The lowest BCUT2D eigenvalue weighted by molar-refractivity contribution is -0.134. The molecule has 2 rings (SSSR count). The monoisotopic (exact) mass is 324 g/mol. The number of rotatable bonds is 3. The van der Waals surface area contributed by atoms with Crippen LogP contribution in [-0.2, 0) is 11.2 Å². The molecule has 1 aliphatic heterocycles. The van der Waals surface area contributed by atoms with Gasteiger partial charge in [0.1, 0.15) is 0 Å². The summed E-state index contributed by atoms with van der Waals surface area (Å²) in [6.07, 6.45) is 3.22. The van der Waals surface area contributed by atoms with E-state index in [4.69, 9.17) is 5.73 Å². The molecule has 0 unspecified atom stereocenters. The Morgan fingerprint density at radius 1 is 1.53 bits per heavy atom. The van der Waals surface area contributed by atoms with Crippen molar-refractivity contribution < 1.29 is 4.79 Å². The smallest absolute Gasteiger partial charge is 0.223 e. The third-order valence-corrected chi connectivity index (χ3v) is 4.25. The first-order valence-electron chi connectivity index (χ1n) is 6.86. The normalized spacial score (nSPS) is 23.4.